The van der Waals surface area contributed by atoms with E-state index in [1.807, 2.05) is 0 Å². The Morgan fingerprint density at radius 3 is 2.80 bits per heavy atom. The van der Waals surface area contributed by atoms with E-state index in [0.29, 0.717) is 16.5 Å². The van der Waals surface area contributed by atoms with Crippen LogP contribution in [0.15, 0.2) is 28.1 Å². The molecule has 0 aliphatic rings. The van der Waals surface area contributed by atoms with Gasteiger partial charge in [-0.1, -0.05) is 18.1 Å². The number of amides is 1. The van der Waals surface area contributed by atoms with Gasteiger partial charge in [0.1, 0.15) is 5.76 Å². The zero-order chi connectivity index (χ0) is 14.7. The van der Waals surface area contributed by atoms with E-state index in [0.717, 1.165) is 0 Å². The molecule has 0 saturated carbocycles. The molecule has 0 spiro atoms. The predicted octanol–water partition coefficient (Wildman–Crippen LogP) is 2.41. The Kier molecular flexibility index (Phi) is 4.19. The Balaban J connectivity index is 2.29. The minimum Gasteiger partial charge on any atom is -0.481 e. The van der Waals surface area contributed by atoms with Crippen LogP contribution in [-0.2, 0) is 4.79 Å². The molecule has 7 heteroatoms. The molecule has 1 amide bonds. The third-order valence-electron chi connectivity index (χ3n) is 2.75. The molecular weight excluding hydrogens is 280 g/mol. The zero-order valence-corrected chi connectivity index (χ0v) is 11.9. The third kappa shape index (κ3) is 3.05. The van der Waals surface area contributed by atoms with E-state index >= 15 is 0 Å². The first-order valence-electron chi connectivity index (χ1n) is 6.00. The van der Waals surface area contributed by atoms with Crippen molar-refractivity contribution >= 4 is 29.0 Å². The van der Waals surface area contributed by atoms with Crippen molar-refractivity contribution in [1.82, 2.24) is 5.16 Å². The molecule has 2 aromatic heterocycles. The molecule has 2 aromatic rings. The highest BCUT2D eigenvalue weighted by Crippen LogP contribution is 2.21. The van der Waals surface area contributed by atoms with Gasteiger partial charge in [-0.2, -0.15) is 0 Å². The van der Waals surface area contributed by atoms with Crippen LogP contribution in [0.3, 0.4) is 0 Å². The Hall–Kier alpha value is -2.15. The summed E-state index contributed by atoms with van der Waals surface area (Å²) in [5, 5.41) is 14.6. The summed E-state index contributed by atoms with van der Waals surface area (Å²) in [6.07, 6.45) is 0. The van der Waals surface area contributed by atoms with Gasteiger partial charge in [0.15, 0.2) is 5.82 Å². The van der Waals surface area contributed by atoms with Crippen LogP contribution in [0.2, 0.25) is 0 Å². The van der Waals surface area contributed by atoms with Crippen LogP contribution < -0.4 is 4.90 Å². The van der Waals surface area contributed by atoms with Gasteiger partial charge in [-0.15, -0.1) is 11.3 Å². The SMILES string of the molecule is Cc1cc(N(CC(C)C(=O)O)C(=O)c2cccs2)no1. The second-order valence-electron chi connectivity index (χ2n) is 4.43. The number of rotatable bonds is 5. The molecule has 0 aliphatic heterocycles. The fourth-order valence-electron chi connectivity index (χ4n) is 1.65. The molecule has 0 radical (unpaired) electrons. The first-order valence-corrected chi connectivity index (χ1v) is 6.88. The van der Waals surface area contributed by atoms with E-state index in [1.54, 1.807) is 37.4 Å². The number of anilines is 1. The van der Waals surface area contributed by atoms with Gasteiger partial charge in [0.25, 0.3) is 5.91 Å². The first kappa shape index (κ1) is 14.3. The lowest BCUT2D eigenvalue weighted by Crippen LogP contribution is -2.36. The van der Waals surface area contributed by atoms with Crippen LogP contribution in [0.25, 0.3) is 0 Å². The van der Waals surface area contributed by atoms with E-state index in [4.69, 9.17) is 9.63 Å². The highest BCUT2D eigenvalue weighted by molar-refractivity contribution is 7.12. The van der Waals surface area contributed by atoms with Gasteiger partial charge >= 0.3 is 5.97 Å². The summed E-state index contributed by atoms with van der Waals surface area (Å²) in [4.78, 5) is 25.3. The maximum absolute atomic E-state index is 12.4. The number of hydrogen-bond acceptors (Lipinski definition) is 5. The Morgan fingerprint density at radius 2 is 2.30 bits per heavy atom. The van der Waals surface area contributed by atoms with E-state index < -0.39 is 11.9 Å². The normalized spacial score (nSPS) is 12.1. The summed E-state index contributed by atoms with van der Waals surface area (Å²) < 4.78 is 4.97. The molecule has 2 heterocycles. The Morgan fingerprint density at radius 1 is 1.55 bits per heavy atom. The molecule has 1 unspecified atom stereocenters. The topological polar surface area (TPSA) is 83.6 Å². The molecule has 1 N–H and O–H groups in total. The number of nitrogens with zero attached hydrogens (tertiary/aromatic N) is 2. The van der Waals surface area contributed by atoms with E-state index in [1.165, 1.54) is 16.2 Å². The first-order chi connectivity index (χ1) is 9.49. The lowest BCUT2D eigenvalue weighted by Gasteiger charge is -2.21. The van der Waals surface area contributed by atoms with Gasteiger partial charge in [0.2, 0.25) is 0 Å². The van der Waals surface area contributed by atoms with E-state index in [-0.39, 0.29) is 12.5 Å². The molecule has 0 aliphatic carbocycles. The highest BCUT2D eigenvalue weighted by Gasteiger charge is 2.25. The van der Waals surface area contributed by atoms with Crippen molar-refractivity contribution in [2.75, 3.05) is 11.4 Å². The van der Waals surface area contributed by atoms with Crippen LogP contribution in [0.5, 0.6) is 0 Å². The largest absolute Gasteiger partial charge is 0.481 e. The van der Waals surface area contributed by atoms with Crippen molar-refractivity contribution in [2.45, 2.75) is 13.8 Å². The van der Waals surface area contributed by atoms with Crippen molar-refractivity contribution in [3.8, 4) is 0 Å². The molecule has 106 valence electrons. The average Bonchev–Trinajstić information content (AvgIpc) is 3.05. The van der Waals surface area contributed by atoms with E-state index in [2.05, 4.69) is 5.16 Å². The number of carboxylic acids is 1. The maximum Gasteiger partial charge on any atom is 0.308 e. The molecule has 0 aromatic carbocycles. The maximum atomic E-state index is 12.4. The van der Waals surface area contributed by atoms with E-state index in [9.17, 15) is 9.59 Å². The fraction of sp³-hybridized carbons (Fsp3) is 0.308. The van der Waals surface area contributed by atoms with Gasteiger partial charge in [-0.25, -0.2) is 0 Å². The second-order valence-corrected chi connectivity index (χ2v) is 5.38. The number of carbonyl (C=O) groups excluding carboxylic acids is 1. The summed E-state index contributed by atoms with van der Waals surface area (Å²) in [5.41, 5.74) is 0. The minimum absolute atomic E-state index is 0.0397. The van der Waals surface area contributed by atoms with Crippen LogP contribution in [0.1, 0.15) is 22.4 Å². The van der Waals surface area contributed by atoms with Crippen LogP contribution in [-0.4, -0.2) is 28.7 Å². The van der Waals surface area contributed by atoms with Gasteiger partial charge in [0, 0.05) is 12.6 Å². The van der Waals surface area contributed by atoms with Crippen molar-refractivity contribution in [1.29, 1.82) is 0 Å². The zero-order valence-electron chi connectivity index (χ0n) is 11.1. The molecule has 1 atom stereocenters. The molecule has 0 bridgehead atoms. The summed E-state index contributed by atoms with van der Waals surface area (Å²) in [7, 11) is 0. The van der Waals surface area contributed by atoms with Crippen LogP contribution >= 0.6 is 11.3 Å². The molecular formula is C13H14N2O4S. The molecule has 6 nitrogen and oxygen atoms in total. The summed E-state index contributed by atoms with van der Waals surface area (Å²) in [6, 6.07) is 5.07. The number of aromatic nitrogens is 1. The predicted molar refractivity (Wildman–Crippen MR) is 74.0 cm³/mol. The Bertz CT molecular complexity index is 606. The van der Waals surface area contributed by atoms with Gasteiger partial charge in [0.05, 0.1) is 10.8 Å². The molecule has 0 saturated heterocycles. The summed E-state index contributed by atoms with van der Waals surface area (Å²) in [6.45, 7) is 3.30. The van der Waals surface area contributed by atoms with Crippen molar-refractivity contribution in [3.63, 3.8) is 0 Å². The Labute approximate surface area is 119 Å². The molecule has 2 rings (SSSR count). The number of carbonyl (C=O) groups is 2. The number of aliphatic carboxylic acids is 1. The second kappa shape index (κ2) is 5.87. The van der Waals surface area contributed by atoms with Crippen molar-refractivity contribution in [2.24, 2.45) is 5.92 Å². The number of thiophene rings is 1. The lowest BCUT2D eigenvalue weighted by molar-refractivity contribution is -0.140. The lowest BCUT2D eigenvalue weighted by atomic mass is 10.1. The standard InChI is InChI=1S/C13H14N2O4S/c1-8(13(17)18)7-15(11-6-9(2)19-14-11)12(16)10-4-3-5-20-10/h3-6,8H,7H2,1-2H3,(H,17,18). The van der Waals surface area contributed by atoms with Crippen LogP contribution in [0, 0.1) is 12.8 Å². The van der Waals surface area contributed by atoms with Gasteiger partial charge in [-0.05, 0) is 18.4 Å². The van der Waals surface area contributed by atoms with Gasteiger partial charge < -0.3 is 9.63 Å². The minimum atomic E-state index is -0.964. The number of aryl methyl sites for hydroxylation is 1. The van der Waals surface area contributed by atoms with Gasteiger partial charge in [-0.3, -0.25) is 14.5 Å². The van der Waals surface area contributed by atoms with Crippen molar-refractivity contribution in [3.05, 3.63) is 34.2 Å². The number of hydrogen-bond donors (Lipinski definition) is 1. The fourth-order valence-corrected chi connectivity index (χ4v) is 2.32. The number of carboxylic acid groups (broad SMARTS) is 1. The summed E-state index contributed by atoms with van der Waals surface area (Å²) >= 11 is 1.30. The van der Waals surface area contributed by atoms with Crippen molar-refractivity contribution < 1.29 is 19.2 Å². The smallest absolute Gasteiger partial charge is 0.308 e. The van der Waals surface area contributed by atoms with Crippen LogP contribution in [0.4, 0.5) is 5.82 Å². The molecule has 0 fully saturated rings. The highest BCUT2D eigenvalue weighted by atomic mass is 32.1. The molecule has 20 heavy (non-hydrogen) atoms. The third-order valence-corrected chi connectivity index (χ3v) is 3.61. The quantitative estimate of drug-likeness (QED) is 0.915. The monoisotopic (exact) mass is 294 g/mol. The summed E-state index contributed by atoms with van der Waals surface area (Å²) in [5.74, 6) is -1.05. The average molecular weight is 294 g/mol.